The summed E-state index contributed by atoms with van der Waals surface area (Å²) in [7, 11) is 0. The van der Waals surface area contributed by atoms with Gasteiger partial charge < -0.3 is 14.6 Å². The molecule has 0 spiro atoms. The molecule has 9 heteroatoms. The maximum Gasteiger partial charge on any atom is 0.387 e. The van der Waals surface area contributed by atoms with E-state index in [1.165, 1.54) is 23.1 Å². The quantitative estimate of drug-likeness (QED) is 0.565. The molecule has 0 aliphatic rings. The Morgan fingerprint density at radius 1 is 1.30 bits per heavy atom. The zero-order valence-electron chi connectivity index (χ0n) is 15.9. The van der Waals surface area contributed by atoms with Crippen LogP contribution in [-0.2, 0) is 11.3 Å². The van der Waals surface area contributed by atoms with Crippen LogP contribution in [0.25, 0.3) is 17.0 Å². The van der Waals surface area contributed by atoms with Gasteiger partial charge in [-0.3, -0.25) is 9.59 Å². The van der Waals surface area contributed by atoms with Crippen LogP contribution in [0.5, 0.6) is 5.75 Å². The Morgan fingerprint density at radius 3 is 2.80 bits per heavy atom. The van der Waals surface area contributed by atoms with Crippen molar-refractivity contribution in [1.29, 1.82) is 0 Å². The number of para-hydroxylation sites is 1. The number of nitrogens with one attached hydrogen (secondary N) is 1. The third kappa shape index (κ3) is 5.21. The predicted octanol–water partition coefficient (Wildman–Crippen LogP) is 4.24. The molecule has 1 aromatic heterocycles. The fourth-order valence-electron chi connectivity index (χ4n) is 2.85. The van der Waals surface area contributed by atoms with Gasteiger partial charge in [0.1, 0.15) is 11.6 Å². The van der Waals surface area contributed by atoms with Gasteiger partial charge in [0.05, 0.1) is 17.4 Å². The molecule has 0 saturated carbocycles. The number of benzene rings is 2. The Labute approximate surface area is 175 Å². The standard InChI is InChI=1S/C21H18ClF2N3O3/c1-2-27(12-18-25-16-11-14(22)8-9-15(16)20(29)26-18)19(28)10-7-13-5-3-4-6-17(13)30-21(23)24/h3-11,21H,2,12H2,1H3,(H,25,26,29)/b10-7+. The second-order valence-corrected chi connectivity index (χ2v) is 6.71. The molecule has 0 unspecified atom stereocenters. The molecule has 1 N–H and O–H groups in total. The number of hydrogen-bond acceptors (Lipinski definition) is 4. The SMILES string of the molecule is CCN(Cc1nc2cc(Cl)ccc2c(=O)[nH]1)C(=O)/C=C/c1ccccc1OC(F)F. The molecule has 0 saturated heterocycles. The second kappa shape index (κ2) is 9.49. The van der Waals surface area contributed by atoms with Gasteiger partial charge >= 0.3 is 6.61 Å². The molecule has 30 heavy (non-hydrogen) atoms. The average molecular weight is 434 g/mol. The summed E-state index contributed by atoms with van der Waals surface area (Å²) < 4.78 is 29.5. The van der Waals surface area contributed by atoms with E-state index in [1.54, 1.807) is 43.3 Å². The third-order valence-corrected chi connectivity index (χ3v) is 4.53. The molecular formula is C21H18ClF2N3O3. The van der Waals surface area contributed by atoms with Gasteiger partial charge in [-0.05, 0) is 37.3 Å². The molecule has 0 bridgehead atoms. The molecule has 3 rings (SSSR count). The maximum absolute atomic E-state index is 12.6. The number of ether oxygens (including phenoxy) is 1. The smallest absolute Gasteiger partial charge is 0.387 e. The number of carbonyl (C=O) groups excluding carboxylic acids is 1. The lowest BCUT2D eigenvalue weighted by atomic mass is 10.2. The molecule has 1 heterocycles. The highest BCUT2D eigenvalue weighted by molar-refractivity contribution is 6.31. The van der Waals surface area contributed by atoms with Crippen LogP contribution in [0.1, 0.15) is 18.3 Å². The van der Waals surface area contributed by atoms with E-state index in [0.717, 1.165) is 0 Å². The van der Waals surface area contributed by atoms with Gasteiger partial charge in [-0.1, -0.05) is 29.8 Å². The Hall–Kier alpha value is -3.26. The molecule has 0 atom stereocenters. The van der Waals surface area contributed by atoms with Gasteiger partial charge in [0.15, 0.2) is 0 Å². The number of likely N-dealkylation sites (N-methyl/N-ethyl adjacent to an activating group) is 1. The van der Waals surface area contributed by atoms with E-state index in [9.17, 15) is 18.4 Å². The van der Waals surface area contributed by atoms with Crippen LogP contribution in [0.15, 0.2) is 53.3 Å². The fourth-order valence-corrected chi connectivity index (χ4v) is 3.02. The van der Waals surface area contributed by atoms with Crippen LogP contribution < -0.4 is 10.3 Å². The fraction of sp³-hybridized carbons (Fsp3) is 0.190. The molecule has 156 valence electrons. The number of H-pyrrole nitrogens is 1. The summed E-state index contributed by atoms with van der Waals surface area (Å²) in [6, 6.07) is 10.9. The van der Waals surface area contributed by atoms with E-state index >= 15 is 0 Å². The number of aromatic nitrogens is 2. The zero-order chi connectivity index (χ0) is 21.7. The highest BCUT2D eigenvalue weighted by atomic mass is 35.5. The predicted molar refractivity (Wildman–Crippen MR) is 111 cm³/mol. The molecule has 0 radical (unpaired) electrons. The largest absolute Gasteiger partial charge is 0.434 e. The normalized spacial score (nSPS) is 11.4. The van der Waals surface area contributed by atoms with Gasteiger partial charge in [-0.25, -0.2) is 4.98 Å². The van der Waals surface area contributed by atoms with E-state index in [1.807, 2.05) is 0 Å². The number of rotatable bonds is 7. The van der Waals surface area contributed by atoms with Crippen LogP contribution >= 0.6 is 11.6 Å². The van der Waals surface area contributed by atoms with Crippen molar-refractivity contribution in [3.63, 3.8) is 0 Å². The van der Waals surface area contributed by atoms with E-state index < -0.39 is 6.61 Å². The first-order valence-corrected chi connectivity index (χ1v) is 9.44. The van der Waals surface area contributed by atoms with Crippen molar-refractivity contribution < 1.29 is 18.3 Å². The third-order valence-electron chi connectivity index (χ3n) is 4.29. The van der Waals surface area contributed by atoms with Crippen molar-refractivity contribution in [2.45, 2.75) is 20.1 Å². The zero-order valence-corrected chi connectivity index (χ0v) is 16.7. The topological polar surface area (TPSA) is 75.3 Å². The Kier molecular flexibility index (Phi) is 6.79. The number of hydrogen-bond donors (Lipinski definition) is 1. The van der Waals surface area contributed by atoms with Crippen molar-refractivity contribution in [3.8, 4) is 5.75 Å². The molecule has 1 amide bonds. The summed E-state index contributed by atoms with van der Waals surface area (Å²) in [6.07, 6.45) is 2.66. The van der Waals surface area contributed by atoms with Gasteiger partial charge in [0.2, 0.25) is 5.91 Å². The van der Waals surface area contributed by atoms with Crippen molar-refractivity contribution in [1.82, 2.24) is 14.9 Å². The monoisotopic (exact) mass is 433 g/mol. The minimum absolute atomic E-state index is 0.0306. The minimum atomic E-state index is -2.97. The van der Waals surface area contributed by atoms with Crippen LogP contribution in [0, 0.1) is 0 Å². The number of fused-ring (bicyclic) bond motifs is 1. The molecule has 0 aliphatic heterocycles. The number of carbonyl (C=O) groups is 1. The van der Waals surface area contributed by atoms with Crippen molar-refractivity contribution in [3.05, 3.63) is 75.3 Å². The summed E-state index contributed by atoms with van der Waals surface area (Å²) in [6.45, 7) is -0.788. The van der Waals surface area contributed by atoms with Crippen molar-refractivity contribution in [2.24, 2.45) is 0 Å². The van der Waals surface area contributed by atoms with Gasteiger partial charge in [0.25, 0.3) is 5.56 Å². The van der Waals surface area contributed by atoms with Crippen molar-refractivity contribution >= 4 is 34.5 Å². The van der Waals surface area contributed by atoms with E-state index in [0.29, 0.717) is 33.9 Å². The van der Waals surface area contributed by atoms with Crippen LogP contribution in [0.2, 0.25) is 5.02 Å². The van der Waals surface area contributed by atoms with Crippen LogP contribution in [0.4, 0.5) is 8.78 Å². The van der Waals surface area contributed by atoms with Crippen LogP contribution in [-0.4, -0.2) is 33.9 Å². The number of alkyl halides is 2. The Morgan fingerprint density at radius 2 is 2.07 bits per heavy atom. The molecule has 2 aromatic carbocycles. The molecule has 3 aromatic rings. The van der Waals surface area contributed by atoms with E-state index in [-0.39, 0.29) is 23.8 Å². The number of nitrogens with zero attached hydrogens (tertiary/aromatic N) is 2. The maximum atomic E-state index is 12.6. The van der Waals surface area contributed by atoms with E-state index in [2.05, 4.69) is 14.7 Å². The van der Waals surface area contributed by atoms with Gasteiger partial charge in [-0.15, -0.1) is 0 Å². The van der Waals surface area contributed by atoms with Gasteiger partial charge in [0, 0.05) is 23.2 Å². The Balaban J connectivity index is 1.80. The Bertz CT molecular complexity index is 1150. The van der Waals surface area contributed by atoms with Gasteiger partial charge in [-0.2, -0.15) is 8.78 Å². The first kappa shape index (κ1) is 21.4. The number of amides is 1. The summed E-state index contributed by atoms with van der Waals surface area (Å²) in [5.41, 5.74) is 0.441. The average Bonchev–Trinajstić information content (AvgIpc) is 2.70. The lowest BCUT2D eigenvalue weighted by Gasteiger charge is -2.18. The summed E-state index contributed by atoms with van der Waals surface area (Å²) in [5, 5.41) is 0.843. The minimum Gasteiger partial charge on any atom is -0.434 e. The number of aromatic amines is 1. The second-order valence-electron chi connectivity index (χ2n) is 6.28. The summed E-state index contributed by atoms with van der Waals surface area (Å²) in [5.74, 6) is -0.102. The first-order chi connectivity index (χ1) is 14.4. The summed E-state index contributed by atoms with van der Waals surface area (Å²) in [4.78, 5) is 33.3. The molecule has 0 fully saturated rings. The van der Waals surface area contributed by atoms with Crippen molar-refractivity contribution in [2.75, 3.05) is 6.54 Å². The number of halogens is 3. The van der Waals surface area contributed by atoms with Crippen LogP contribution in [0.3, 0.4) is 0 Å². The summed E-state index contributed by atoms with van der Waals surface area (Å²) >= 11 is 5.97. The highest BCUT2D eigenvalue weighted by Crippen LogP contribution is 2.21. The molecule has 6 nitrogen and oxygen atoms in total. The lowest BCUT2D eigenvalue weighted by molar-refractivity contribution is -0.126. The molecule has 0 aliphatic carbocycles. The first-order valence-electron chi connectivity index (χ1n) is 9.06. The molecular weight excluding hydrogens is 416 g/mol. The highest BCUT2D eigenvalue weighted by Gasteiger charge is 2.13. The van der Waals surface area contributed by atoms with E-state index in [4.69, 9.17) is 11.6 Å². The lowest BCUT2D eigenvalue weighted by Crippen LogP contribution is -2.30.